The fourth-order valence-electron chi connectivity index (χ4n) is 3.72. The van der Waals surface area contributed by atoms with Gasteiger partial charge in [-0.2, -0.15) is 0 Å². The van der Waals surface area contributed by atoms with Gasteiger partial charge in [0.25, 0.3) is 0 Å². The fraction of sp³-hybridized carbons (Fsp3) is 0.368. The monoisotopic (exact) mass is 283 g/mol. The highest BCUT2D eigenvalue weighted by molar-refractivity contribution is 5.44. The van der Waals surface area contributed by atoms with E-state index in [-0.39, 0.29) is 17.3 Å². The molecule has 0 aliphatic heterocycles. The molecule has 2 heteroatoms. The highest BCUT2D eigenvalue weighted by Gasteiger charge is 2.51. The lowest BCUT2D eigenvalue weighted by atomic mass is 9.81. The number of benzene rings is 2. The second-order valence-corrected chi connectivity index (χ2v) is 6.20. The van der Waals surface area contributed by atoms with E-state index in [9.17, 15) is 4.39 Å². The van der Waals surface area contributed by atoms with E-state index in [0.717, 1.165) is 11.1 Å². The first-order valence-electron chi connectivity index (χ1n) is 7.58. The summed E-state index contributed by atoms with van der Waals surface area (Å²) in [5.41, 5.74) is 4.86. The van der Waals surface area contributed by atoms with Crippen molar-refractivity contribution in [1.29, 1.82) is 0 Å². The minimum atomic E-state index is -0.145. The molecule has 1 aliphatic carbocycles. The summed E-state index contributed by atoms with van der Waals surface area (Å²) in [4.78, 5) is 0. The normalized spacial score (nSPS) is 17.5. The lowest BCUT2D eigenvalue weighted by Gasteiger charge is -2.30. The summed E-state index contributed by atoms with van der Waals surface area (Å²) in [6.07, 6.45) is 2.36. The molecule has 0 aromatic heterocycles. The van der Waals surface area contributed by atoms with Gasteiger partial charge in [-0.15, -0.1) is 0 Å². The maximum atomic E-state index is 13.6. The number of rotatable bonds is 4. The Morgan fingerprint density at radius 2 is 1.62 bits per heavy atom. The largest absolute Gasteiger partial charge is 0.312 e. The van der Waals surface area contributed by atoms with Crippen molar-refractivity contribution in [3.63, 3.8) is 0 Å². The van der Waals surface area contributed by atoms with E-state index >= 15 is 0 Å². The number of aryl methyl sites for hydroxylation is 2. The molecule has 0 saturated heterocycles. The zero-order chi connectivity index (χ0) is 15.0. The van der Waals surface area contributed by atoms with Gasteiger partial charge in [0.1, 0.15) is 5.82 Å². The summed E-state index contributed by atoms with van der Waals surface area (Å²) in [5.74, 6) is -0.145. The summed E-state index contributed by atoms with van der Waals surface area (Å²) < 4.78 is 13.6. The molecule has 1 fully saturated rings. The van der Waals surface area contributed by atoms with Gasteiger partial charge in [0.05, 0.1) is 0 Å². The van der Waals surface area contributed by atoms with Crippen LogP contribution in [0, 0.1) is 19.7 Å². The highest BCUT2D eigenvalue weighted by Crippen LogP contribution is 2.57. The smallest absolute Gasteiger partial charge is 0.123 e. The minimum absolute atomic E-state index is 0.145. The lowest BCUT2D eigenvalue weighted by Crippen LogP contribution is -2.31. The number of likely N-dealkylation sites (N-methyl/N-ethyl adjacent to an activating group) is 1. The second kappa shape index (κ2) is 5.27. The molecule has 0 amide bonds. The SMILES string of the molecule is CNC(c1c(C)cc(F)cc1C)C1(c2ccccc2)CC1. The van der Waals surface area contributed by atoms with Crippen LogP contribution in [0.2, 0.25) is 0 Å². The molecule has 1 N–H and O–H groups in total. The molecular formula is C19H22FN. The molecule has 2 aromatic rings. The van der Waals surface area contributed by atoms with Crippen LogP contribution in [0.1, 0.15) is 41.1 Å². The van der Waals surface area contributed by atoms with E-state index in [4.69, 9.17) is 0 Å². The van der Waals surface area contributed by atoms with Crippen LogP contribution < -0.4 is 5.32 Å². The van der Waals surface area contributed by atoms with Crippen molar-refractivity contribution in [1.82, 2.24) is 5.32 Å². The zero-order valence-electron chi connectivity index (χ0n) is 12.9. The lowest BCUT2D eigenvalue weighted by molar-refractivity contribution is 0.458. The quantitative estimate of drug-likeness (QED) is 0.875. The minimum Gasteiger partial charge on any atom is -0.312 e. The first-order valence-corrected chi connectivity index (χ1v) is 7.58. The van der Waals surface area contributed by atoms with Gasteiger partial charge in [0, 0.05) is 11.5 Å². The Balaban J connectivity index is 2.08. The Bertz CT molecular complexity index is 621. The van der Waals surface area contributed by atoms with Gasteiger partial charge in [-0.1, -0.05) is 30.3 Å². The molecule has 2 aromatic carbocycles. The van der Waals surface area contributed by atoms with Gasteiger partial charge in [-0.25, -0.2) is 4.39 Å². The summed E-state index contributed by atoms with van der Waals surface area (Å²) in [6.45, 7) is 4.02. The summed E-state index contributed by atoms with van der Waals surface area (Å²) >= 11 is 0. The van der Waals surface area contributed by atoms with Crippen LogP contribution in [0.5, 0.6) is 0 Å². The highest BCUT2D eigenvalue weighted by atomic mass is 19.1. The van der Waals surface area contributed by atoms with Crippen LogP contribution in [0.3, 0.4) is 0 Å². The molecule has 21 heavy (non-hydrogen) atoms. The van der Waals surface area contributed by atoms with Crippen molar-refractivity contribution in [2.24, 2.45) is 0 Å². The molecule has 0 radical (unpaired) electrons. The molecule has 1 unspecified atom stereocenters. The van der Waals surface area contributed by atoms with E-state index < -0.39 is 0 Å². The van der Waals surface area contributed by atoms with E-state index in [1.54, 1.807) is 12.1 Å². The molecular weight excluding hydrogens is 261 g/mol. The molecule has 1 saturated carbocycles. The Hall–Kier alpha value is -1.67. The third kappa shape index (κ3) is 2.38. The summed E-state index contributed by atoms with van der Waals surface area (Å²) in [7, 11) is 2.01. The van der Waals surface area contributed by atoms with Gasteiger partial charge < -0.3 is 5.32 Å². The van der Waals surface area contributed by atoms with Crippen LogP contribution in [0.25, 0.3) is 0 Å². The average molecular weight is 283 g/mol. The zero-order valence-corrected chi connectivity index (χ0v) is 12.9. The Labute approximate surface area is 126 Å². The van der Waals surface area contributed by atoms with Gasteiger partial charge in [-0.3, -0.25) is 0 Å². The van der Waals surface area contributed by atoms with Gasteiger partial charge in [-0.05, 0) is 68.1 Å². The first kappa shape index (κ1) is 14.3. The molecule has 1 nitrogen and oxygen atoms in total. The van der Waals surface area contributed by atoms with E-state index in [1.807, 2.05) is 20.9 Å². The van der Waals surface area contributed by atoms with Crippen molar-refractivity contribution >= 4 is 0 Å². The molecule has 1 aliphatic rings. The predicted molar refractivity (Wildman–Crippen MR) is 85.0 cm³/mol. The van der Waals surface area contributed by atoms with Crippen molar-refractivity contribution < 1.29 is 4.39 Å². The van der Waals surface area contributed by atoms with E-state index in [1.165, 1.54) is 24.0 Å². The number of hydrogen-bond acceptors (Lipinski definition) is 1. The third-order valence-electron chi connectivity index (χ3n) is 4.83. The maximum Gasteiger partial charge on any atom is 0.123 e. The van der Waals surface area contributed by atoms with Crippen molar-refractivity contribution in [2.45, 2.75) is 38.1 Å². The third-order valence-corrected chi connectivity index (χ3v) is 4.83. The van der Waals surface area contributed by atoms with Gasteiger partial charge in [0.2, 0.25) is 0 Å². The predicted octanol–water partition coefficient (Wildman–Crippen LogP) is 4.43. The van der Waals surface area contributed by atoms with E-state index in [2.05, 4.69) is 35.6 Å². The first-order chi connectivity index (χ1) is 10.1. The number of hydrogen-bond donors (Lipinski definition) is 1. The molecule has 0 bridgehead atoms. The fourth-order valence-corrected chi connectivity index (χ4v) is 3.72. The standard InChI is InChI=1S/C19H22FN/c1-13-11-16(20)12-14(2)17(13)18(21-3)19(9-10-19)15-7-5-4-6-8-15/h4-8,11-12,18,21H,9-10H2,1-3H3. The molecule has 3 rings (SSSR count). The second-order valence-electron chi connectivity index (χ2n) is 6.20. The Morgan fingerprint density at radius 3 is 2.10 bits per heavy atom. The summed E-state index contributed by atoms with van der Waals surface area (Å²) in [6, 6.07) is 14.2. The van der Waals surface area contributed by atoms with Gasteiger partial charge in [0.15, 0.2) is 0 Å². The van der Waals surface area contributed by atoms with Crippen LogP contribution >= 0.6 is 0 Å². The number of nitrogens with one attached hydrogen (secondary N) is 1. The molecule has 1 atom stereocenters. The number of halogens is 1. The van der Waals surface area contributed by atoms with Crippen LogP contribution in [-0.2, 0) is 5.41 Å². The maximum absolute atomic E-state index is 13.6. The van der Waals surface area contributed by atoms with Crippen molar-refractivity contribution in [3.05, 3.63) is 70.5 Å². The summed E-state index contributed by atoms with van der Waals surface area (Å²) in [5, 5.41) is 3.50. The molecule has 110 valence electrons. The van der Waals surface area contributed by atoms with Crippen LogP contribution in [0.15, 0.2) is 42.5 Å². The van der Waals surface area contributed by atoms with Crippen molar-refractivity contribution in [3.8, 4) is 0 Å². The molecule has 0 spiro atoms. The van der Waals surface area contributed by atoms with Crippen LogP contribution in [0.4, 0.5) is 4.39 Å². The van der Waals surface area contributed by atoms with Crippen molar-refractivity contribution in [2.75, 3.05) is 7.05 Å². The average Bonchev–Trinajstić information content (AvgIpc) is 3.25. The Kier molecular flexibility index (Phi) is 3.58. The Morgan fingerprint density at radius 1 is 1.05 bits per heavy atom. The van der Waals surface area contributed by atoms with Crippen LogP contribution in [-0.4, -0.2) is 7.05 Å². The van der Waals surface area contributed by atoms with Gasteiger partial charge >= 0.3 is 0 Å². The topological polar surface area (TPSA) is 12.0 Å². The molecule has 0 heterocycles. The van der Waals surface area contributed by atoms with E-state index in [0.29, 0.717) is 0 Å².